The van der Waals surface area contributed by atoms with Crippen molar-refractivity contribution in [1.29, 1.82) is 0 Å². The third kappa shape index (κ3) is 1.74. The minimum absolute atomic E-state index is 0.142. The first-order chi connectivity index (χ1) is 7.20. The molecule has 6 heteroatoms. The average molecular weight is 208 g/mol. The van der Waals surface area contributed by atoms with Gasteiger partial charge in [-0.3, -0.25) is 4.79 Å². The van der Waals surface area contributed by atoms with Gasteiger partial charge in [-0.1, -0.05) is 0 Å². The van der Waals surface area contributed by atoms with Crippen molar-refractivity contribution >= 4 is 17.1 Å². The normalized spacial score (nSPS) is 10.5. The maximum Gasteiger partial charge on any atom is 0.312 e. The third-order valence-corrected chi connectivity index (χ3v) is 1.81. The summed E-state index contributed by atoms with van der Waals surface area (Å²) in [5.74, 6) is -0.523. The van der Waals surface area contributed by atoms with Gasteiger partial charge in [0.1, 0.15) is 6.42 Å². The van der Waals surface area contributed by atoms with E-state index in [0.29, 0.717) is 17.0 Å². The Labute approximate surface area is 84.5 Å². The van der Waals surface area contributed by atoms with Crippen LogP contribution in [0.2, 0.25) is 0 Å². The van der Waals surface area contributed by atoms with Crippen LogP contribution in [0.1, 0.15) is 5.89 Å². The van der Waals surface area contributed by atoms with Gasteiger partial charge in [0.05, 0.1) is 7.11 Å². The van der Waals surface area contributed by atoms with Crippen LogP contribution >= 0.6 is 0 Å². The van der Waals surface area contributed by atoms with Gasteiger partial charge in [0, 0.05) is 12.3 Å². The van der Waals surface area contributed by atoms with E-state index in [4.69, 9.17) is 14.3 Å². The Morgan fingerprint density at radius 3 is 3.13 bits per heavy atom. The molecule has 0 saturated carbocycles. The second kappa shape index (κ2) is 3.56. The summed E-state index contributed by atoms with van der Waals surface area (Å²) in [6.45, 7) is 0. The van der Waals surface area contributed by atoms with E-state index < -0.39 is 5.97 Å². The molecule has 0 aliphatic heterocycles. The summed E-state index contributed by atoms with van der Waals surface area (Å²) in [5, 5.41) is 8.57. The summed E-state index contributed by atoms with van der Waals surface area (Å²) >= 11 is 0. The number of carboxylic acid groups (broad SMARTS) is 1. The largest absolute Gasteiger partial charge is 0.481 e. The lowest BCUT2D eigenvalue weighted by Crippen LogP contribution is -1.99. The molecule has 0 aromatic carbocycles. The fourth-order valence-corrected chi connectivity index (χ4v) is 1.23. The second-order valence-corrected chi connectivity index (χ2v) is 2.85. The second-order valence-electron chi connectivity index (χ2n) is 2.85. The van der Waals surface area contributed by atoms with Crippen molar-refractivity contribution in [1.82, 2.24) is 9.97 Å². The molecule has 15 heavy (non-hydrogen) atoms. The van der Waals surface area contributed by atoms with Crippen LogP contribution in [0.5, 0.6) is 5.88 Å². The molecule has 2 heterocycles. The first-order valence-electron chi connectivity index (χ1n) is 4.21. The van der Waals surface area contributed by atoms with Crippen molar-refractivity contribution in [3.05, 3.63) is 18.2 Å². The number of hydrogen-bond acceptors (Lipinski definition) is 5. The van der Waals surface area contributed by atoms with E-state index in [1.165, 1.54) is 13.3 Å². The highest BCUT2D eigenvalue weighted by atomic mass is 16.5. The number of oxazole rings is 1. The first kappa shape index (κ1) is 9.45. The van der Waals surface area contributed by atoms with Crippen molar-refractivity contribution in [3.8, 4) is 5.88 Å². The van der Waals surface area contributed by atoms with Crippen LogP contribution in [-0.4, -0.2) is 28.2 Å². The summed E-state index contributed by atoms with van der Waals surface area (Å²) in [4.78, 5) is 18.4. The van der Waals surface area contributed by atoms with E-state index in [2.05, 4.69) is 9.97 Å². The van der Waals surface area contributed by atoms with E-state index in [0.717, 1.165) is 0 Å². The fourth-order valence-electron chi connectivity index (χ4n) is 1.23. The van der Waals surface area contributed by atoms with Crippen LogP contribution in [0.3, 0.4) is 0 Å². The number of hydrogen-bond donors (Lipinski definition) is 1. The SMILES string of the molecule is COc1nccc2oc(CC(=O)O)nc12. The van der Waals surface area contributed by atoms with Gasteiger partial charge in [0.2, 0.25) is 11.8 Å². The summed E-state index contributed by atoms with van der Waals surface area (Å²) < 4.78 is 10.2. The highest BCUT2D eigenvalue weighted by Gasteiger charge is 2.13. The maximum atomic E-state index is 10.5. The fraction of sp³-hybridized carbons (Fsp3) is 0.222. The van der Waals surface area contributed by atoms with Crippen LogP contribution in [-0.2, 0) is 11.2 Å². The van der Waals surface area contributed by atoms with E-state index in [9.17, 15) is 4.79 Å². The standard InChI is InChI=1S/C9H8N2O4/c1-14-9-8-5(2-3-10-9)15-6(11-8)4-7(12)13/h2-3H,4H2,1H3,(H,12,13). The molecule has 2 aromatic heterocycles. The number of carbonyl (C=O) groups is 1. The van der Waals surface area contributed by atoms with Gasteiger partial charge in [-0.25, -0.2) is 9.97 Å². The zero-order chi connectivity index (χ0) is 10.8. The molecule has 0 aliphatic carbocycles. The Bertz CT molecular complexity index is 506. The van der Waals surface area contributed by atoms with Crippen LogP contribution in [0.4, 0.5) is 0 Å². The van der Waals surface area contributed by atoms with Crippen LogP contribution < -0.4 is 4.74 Å². The number of ether oxygens (including phenoxy) is 1. The van der Waals surface area contributed by atoms with Gasteiger partial charge in [-0.05, 0) is 0 Å². The molecule has 78 valence electrons. The molecular formula is C9H8N2O4. The van der Waals surface area contributed by atoms with Gasteiger partial charge in [0.15, 0.2) is 11.1 Å². The van der Waals surface area contributed by atoms with Gasteiger partial charge in [-0.2, -0.15) is 0 Å². The number of pyridine rings is 1. The molecule has 0 atom stereocenters. The number of carboxylic acids is 1. The highest BCUT2D eigenvalue weighted by molar-refractivity contribution is 5.78. The lowest BCUT2D eigenvalue weighted by Gasteiger charge is -1.95. The minimum Gasteiger partial charge on any atom is -0.481 e. The Kier molecular flexibility index (Phi) is 2.24. The Morgan fingerprint density at radius 1 is 1.67 bits per heavy atom. The van der Waals surface area contributed by atoms with E-state index in [1.807, 2.05) is 0 Å². The van der Waals surface area contributed by atoms with Crippen molar-refractivity contribution < 1.29 is 19.1 Å². The van der Waals surface area contributed by atoms with E-state index in [-0.39, 0.29) is 12.3 Å². The van der Waals surface area contributed by atoms with Gasteiger partial charge in [-0.15, -0.1) is 0 Å². The smallest absolute Gasteiger partial charge is 0.312 e. The lowest BCUT2D eigenvalue weighted by atomic mass is 10.4. The number of aliphatic carboxylic acids is 1. The molecule has 2 aromatic rings. The minimum atomic E-state index is -0.992. The van der Waals surface area contributed by atoms with Crippen molar-refractivity contribution in [2.24, 2.45) is 0 Å². The molecule has 0 fully saturated rings. The predicted molar refractivity (Wildman–Crippen MR) is 49.7 cm³/mol. The lowest BCUT2D eigenvalue weighted by molar-refractivity contribution is -0.136. The molecule has 6 nitrogen and oxygen atoms in total. The number of fused-ring (bicyclic) bond motifs is 1. The van der Waals surface area contributed by atoms with Crippen LogP contribution in [0.25, 0.3) is 11.1 Å². The van der Waals surface area contributed by atoms with Crippen molar-refractivity contribution in [2.75, 3.05) is 7.11 Å². The van der Waals surface area contributed by atoms with E-state index in [1.54, 1.807) is 6.07 Å². The monoisotopic (exact) mass is 208 g/mol. The van der Waals surface area contributed by atoms with Crippen molar-refractivity contribution in [3.63, 3.8) is 0 Å². The maximum absolute atomic E-state index is 10.5. The molecule has 1 N–H and O–H groups in total. The molecule has 0 bridgehead atoms. The van der Waals surface area contributed by atoms with Crippen LogP contribution in [0, 0.1) is 0 Å². The zero-order valence-corrected chi connectivity index (χ0v) is 7.93. The van der Waals surface area contributed by atoms with Gasteiger partial charge in [0.25, 0.3) is 0 Å². The Morgan fingerprint density at radius 2 is 2.47 bits per heavy atom. The zero-order valence-electron chi connectivity index (χ0n) is 7.93. The summed E-state index contributed by atoms with van der Waals surface area (Å²) in [6.07, 6.45) is 1.26. The molecule has 0 unspecified atom stereocenters. The Hall–Kier alpha value is -2.11. The quantitative estimate of drug-likeness (QED) is 0.805. The van der Waals surface area contributed by atoms with Gasteiger partial charge < -0.3 is 14.3 Å². The first-order valence-corrected chi connectivity index (χ1v) is 4.21. The molecular weight excluding hydrogens is 200 g/mol. The molecule has 0 amide bonds. The summed E-state index contributed by atoms with van der Waals surface area (Å²) in [7, 11) is 1.47. The topological polar surface area (TPSA) is 85.5 Å². The average Bonchev–Trinajstić information content (AvgIpc) is 2.58. The van der Waals surface area contributed by atoms with Crippen LogP contribution in [0.15, 0.2) is 16.7 Å². The molecule has 2 rings (SSSR count). The van der Waals surface area contributed by atoms with E-state index >= 15 is 0 Å². The molecule has 0 radical (unpaired) electrons. The van der Waals surface area contributed by atoms with Crippen molar-refractivity contribution in [2.45, 2.75) is 6.42 Å². The highest BCUT2D eigenvalue weighted by Crippen LogP contribution is 2.22. The number of nitrogens with zero attached hydrogens (tertiary/aromatic N) is 2. The number of rotatable bonds is 3. The number of methoxy groups -OCH3 is 1. The Balaban J connectivity index is 2.50. The molecule has 0 aliphatic rings. The van der Waals surface area contributed by atoms with Gasteiger partial charge >= 0.3 is 5.97 Å². The third-order valence-electron chi connectivity index (χ3n) is 1.81. The number of aromatic nitrogens is 2. The molecule has 0 saturated heterocycles. The summed E-state index contributed by atoms with van der Waals surface area (Å²) in [6, 6.07) is 1.61. The summed E-state index contributed by atoms with van der Waals surface area (Å²) in [5.41, 5.74) is 0.911. The molecule has 0 spiro atoms. The predicted octanol–water partition coefficient (Wildman–Crippen LogP) is 0.858.